The molecule has 6 heteroatoms. The van der Waals surface area contributed by atoms with Gasteiger partial charge in [0.25, 0.3) is 0 Å². The number of nitrogens with two attached hydrogens (primary N) is 1. The molecule has 1 atom stereocenters. The Morgan fingerprint density at radius 1 is 1.32 bits per heavy atom. The van der Waals surface area contributed by atoms with Crippen molar-refractivity contribution in [3.8, 4) is 5.75 Å². The maximum atomic E-state index is 13.3. The monoisotopic (exact) mass is 285 g/mol. The van der Waals surface area contributed by atoms with Crippen LogP contribution in [0.2, 0.25) is 0 Å². The van der Waals surface area contributed by atoms with Gasteiger partial charge in [0.2, 0.25) is 0 Å². The standard InChI is InChI=1S/C13H16FNO3S/c14-9-1-2-10-11(15)8-13(18-12(10)7-9)3-5-19(16,17)6-4-13/h1-2,7,11H,3-6,8,15H2/t11-/m0/s1. The molecule has 1 aromatic rings. The molecule has 1 spiro atoms. The van der Waals surface area contributed by atoms with Crippen LogP contribution in [0.25, 0.3) is 0 Å². The third-order valence-electron chi connectivity index (χ3n) is 4.03. The van der Waals surface area contributed by atoms with Crippen LogP contribution in [0.1, 0.15) is 30.9 Å². The van der Waals surface area contributed by atoms with E-state index in [1.165, 1.54) is 12.1 Å². The Morgan fingerprint density at radius 3 is 2.68 bits per heavy atom. The molecule has 1 aromatic carbocycles. The van der Waals surface area contributed by atoms with Gasteiger partial charge in [-0.15, -0.1) is 0 Å². The van der Waals surface area contributed by atoms with E-state index < -0.39 is 15.4 Å². The second-order valence-corrected chi connectivity index (χ2v) is 7.73. The summed E-state index contributed by atoms with van der Waals surface area (Å²) >= 11 is 0. The van der Waals surface area contributed by atoms with Gasteiger partial charge in [-0.2, -0.15) is 0 Å². The van der Waals surface area contributed by atoms with Crippen molar-refractivity contribution in [2.24, 2.45) is 5.73 Å². The molecule has 2 heterocycles. The van der Waals surface area contributed by atoms with Gasteiger partial charge in [0.1, 0.15) is 17.2 Å². The summed E-state index contributed by atoms with van der Waals surface area (Å²) in [6.45, 7) is 0. The predicted molar refractivity (Wildman–Crippen MR) is 69.2 cm³/mol. The summed E-state index contributed by atoms with van der Waals surface area (Å²) in [5, 5.41) is 0. The smallest absolute Gasteiger partial charge is 0.150 e. The first-order chi connectivity index (χ1) is 8.89. The summed E-state index contributed by atoms with van der Waals surface area (Å²) in [4.78, 5) is 0. The van der Waals surface area contributed by atoms with Gasteiger partial charge in [-0.25, -0.2) is 12.8 Å². The lowest BCUT2D eigenvalue weighted by atomic mass is 9.83. The van der Waals surface area contributed by atoms with Gasteiger partial charge in [-0.1, -0.05) is 6.07 Å². The number of benzene rings is 1. The lowest BCUT2D eigenvalue weighted by molar-refractivity contribution is 0.0260. The van der Waals surface area contributed by atoms with Gasteiger partial charge in [0, 0.05) is 36.9 Å². The molecule has 0 saturated carbocycles. The average Bonchev–Trinajstić information content (AvgIpc) is 2.33. The molecule has 0 bridgehead atoms. The maximum Gasteiger partial charge on any atom is 0.150 e. The highest BCUT2D eigenvalue weighted by Gasteiger charge is 2.44. The summed E-state index contributed by atoms with van der Waals surface area (Å²) in [6.07, 6.45) is 1.44. The van der Waals surface area contributed by atoms with E-state index in [9.17, 15) is 12.8 Å². The molecule has 2 N–H and O–H groups in total. The molecular formula is C13H16FNO3S. The molecule has 0 aromatic heterocycles. The first kappa shape index (κ1) is 12.9. The van der Waals surface area contributed by atoms with Crippen molar-refractivity contribution in [2.75, 3.05) is 11.5 Å². The molecular weight excluding hydrogens is 269 g/mol. The lowest BCUT2D eigenvalue weighted by Gasteiger charge is -2.43. The third kappa shape index (κ3) is 2.34. The number of sulfone groups is 1. The van der Waals surface area contributed by atoms with E-state index >= 15 is 0 Å². The first-order valence-electron chi connectivity index (χ1n) is 6.34. The quantitative estimate of drug-likeness (QED) is 0.785. The van der Waals surface area contributed by atoms with Gasteiger partial charge >= 0.3 is 0 Å². The summed E-state index contributed by atoms with van der Waals surface area (Å²) in [7, 11) is -2.96. The van der Waals surface area contributed by atoms with Gasteiger partial charge in [0.15, 0.2) is 9.84 Å². The summed E-state index contributed by atoms with van der Waals surface area (Å²) in [6, 6.07) is 4.11. The Bertz CT molecular complexity index is 600. The van der Waals surface area contributed by atoms with E-state index in [4.69, 9.17) is 10.5 Å². The molecule has 2 aliphatic rings. The van der Waals surface area contributed by atoms with E-state index in [0.717, 1.165) is 5.56 Å². The Hall–Kier alpha value is -1.14. The minimum Gasteiger partial charge on any atom is -0.487 e. The van der Waals surface area contributed by atoms with Crippen LogP contribution in [0, 0.1) is 5.82 Å². The third-order valence-corrected chi connectivity index (χ3v) is 5.68. The topological polar surface area (TPSA) is 69.4 Å². The number of rotatable bonds is 0. The minimum atomic E-state index is -2.96. The molecule has 3 rings (SSSR count). The van der Waals surface area contributed by atoms with Crippen LogP contribution in [-0.2, 0) is 9.84 Å². The van der Waals surface area contributed by atoms with Crippen LogP contribution >= 0.6 is 0 Å². The SMILES string of the molecule is N[C@H]1CC2(CCS(=O)(=O)CC2)Oc2cc(F)ccc21. The zero-order valence-electron chi connectivity index (χ0n) is 10.4. The van der Waals surface area contributed by atoms with Crippen LogP contribution < -0.4 is 10.5 Å². The van der Waals surface area contributed by atoms with Gasteiger partial charge < -0.3 is 10.5 Å². The van der Waals surface area contributed by atoms with Crippen molar-refractivity contribution in [3.63, 3.8) is 0 Å². The van der Waals surface area contributed by atoms with Crippen LogP contribution in [0.5, 0.6) is 5.75 Å². The molecule has 0 radical (unpaired) electrons. The maximum absolute atomic E-state index is 13.3. The molecule has 0 unspecified atom stereocenters. The van der Waals surface area contributed by atoms with Crippen molar-refractivity contribution in [3.05, 3.63) is 29.6 Å². The van der Waals surface area contributed by atoms with Crippen LogP contribution in [0.3, 0.4) is 0 Å². The van der Waals surface area contributed by atoms with Crippen LogP contribution in [0.4, 0.5) is 4.39 Å². The highest BCUT2D eigenvalue weighted by molar-refractivity contribution is 7.91. The largest absolute Gasteiger partial charge is 0.487 e. The van der Waals surface area contributed by atoms with Crippen molar-refractivity contribution in [2.45, 2.75) is 30.9 Å². The summed E-state index contributed by atoms with van der Waals surface area (Å²) < 4.78 is 42.2. The summed E-state index contributed by atoms with van der Waals surface area (Å²) in [5.41, 5.74) is 6.36. The molecule has 1 saturated heterocycles. The number of halogens is 1. The van der Waals surface area contributed by atoms with E-state index in [1.807, 2.05) is 0 Å². The normalized spacial score (nSPS) is 27.6. The Labute approximate surface area is 111 Å². The van der Waals surface area contributed by atoms with Gasteiger partial charge in [-0.3, -0.25) is 0 Å². The number of hydrogen-bond donors (Lipinski definition) is 1. The van der Waals surface area contributed by atoms with Crippen molar-refractivity contribution < 1.29 is 17.5 Å². The van der Waals surface area contributed by atoms with Crippen LogP contribution in [-0.4, -0.2) is 25.5 Å². The second kappa shape index (κ2) is 4.18. The molecule has 0 amide bonds. The number of ether oxygens (including phenoxy) is 1. The molecule has 19 heavy (non-hydrogen) atoms. The second-order valence-electron chi connectivity index (χ2n) is 5.43. The fourth-order valence-electron chi connectivity index (χ4n) is 2.90. The van der Waals surface area contributed by atoms with E-state index in [0.29, 0.717) is 25.0 Å². The molecule has 1 fully saturated rings. The van der Waals surface area contributed by atoms with E-state index in [1.54, 1.807) is 6.07 Å². The van der Waals surface area contributed by atoms with Gasteiger partial charge in [-0.05, 0) is 6.07 Å². The summed E-state index contributed by atoms with van der Waals surface area (Å²) in [5.74, 6) is 0.318. The van der Waals surface area contributed by atoms with E-state index in [-0.39, 0.29) is 23.4 Å². The molecule has 104 valence electrons. The predicted octanol–water partition coefficient (Wildman–Crippen LogP) is 1.56. The number of fused-ring (bicyclic) bond motifs is 1. The van der Waals surface area contributed by atoms with Crippen molar-refractivity contribution in [1.82, 2.24) is 0 Å². The van der Waals surface area contributed by atoms with Gasteiger partial charge in [0.05, 0.1) is 11.5 Å². The van der Waals surface area contributed by atoms with Crippen molar-refractivity contribution in [1.29, 1.82) is 0 Å². The lowest BCUT2D eigenvalue weighted by Crippen LogP contribution is -2.48. The molecule has 4 nitrogen and oxygen atoms in total. The fraction of sp³-hybridized carbons (Fsp3) is 0.538. The number of hydrogen-bond acceptors (Lipinski definition) is 4. The Morgan fingerprint density at radius 2 is 2.00 bits per heavy atom. The average molecular weight is 285 g/mol. The Balaban J connectivity index is 1.92. The zero-order chi connectivity index (χ0) is 13.7. The first-order valence-corrected chi connectivity index (χ1v) is 8.16. The zero-order valence-corrected chi connectivity index (χ0v) is 11.2. The van der Waals surface area contributed by atoms with Crippen molar-refractivity contribution >= 4 is 9.84 Å². The highest BCUT2D eigenvalue weighted by Crippen LogP contribution is 2.43. The fourth-order valence-corrected chi connectivity index (χ4v) is 4.47. The highest BCUT2D eigenvalue weighted by atomic mass is 32.2. The molecule has 0 aliphatic carbocycles. The van der Waals surface area contributed by atoms with Crippen LogP contribution in [0.15, 0.2) is 18.2 Å². The van der Waals surface area contributed by atoms with E-state index in [2.05, 4.69) is 0 Å². The Kier molecular flexibility index (Phi) is 2.83. The molecule has 2 aliphatic heterocycles. The minimum absolute atomic E-state index is 0.115.